The van der Waals surface area contributed by atoms with E-state index in [9.17, 15) is 4.79 Å². The van der Waals surface area contributed by atoms with Crippen molar-refractivity contribution in [3.63, 3.8) is 0 Å². The fourth-order valence-corrected chi connectivity index (χ4v) is 2.16. The number of aryl methyl sites for hydroxylation is 1. The van der Waals surface area contributed by atoms with Crippen molar-refractivity contribution in [1.29, 1.82) is 0 Å². The minimum atomic E-state index is 0.0464. The lowest BCUT2D eigenvalue weighted by molar-refractivity contribution is -0.864. The number of carbonyl (C=O) groups excluding carboxylic acids is 1. The van der Waals surface area contributed by atoms with Gasteiger partial charge in [0.15, 0.2) is 6.54 Å². The predicted molar refractivity (Wildman–Crippen MR) is 83.6 cm³/mol. The standard InChI is InChI=1S/C15H21BrN2O/c1-11(2)7-8-18(4)10-15(19)17-14-6-5-13(16)9-12(14)3/h5-7,9H,8,10H2,1-4H3,(H,17,19)/p+1. The fourth-order valence-electron chi connectivity index (χ4n) is 1.69. The van der Waals surface area contributed by atoms with Crippen molar-refractivity contribution >= 4 is 27.5 Å². The molecule has 3 nitrogen and oxygen atoms in total. The first-order valence-corrected chi connectivity index (χ1v) is 7.18. The maximum atomic E-state index is 11.9. The summed E-state index contributed by atoms with van der Waals surface area (Å²) in [6, 6.07) is 5.85. The Morgan fingerprint density at radius 2 is 2.11 bits per heavy atom. The Labute approximate surface area is 123 Å². The molecule has 0 aliphatic carbocycles. The van der Waals surface area contributed by atoms with Crippen molar-refractivity contribution in [2.45, 2.75) is 20.8 Å². The summed E-state index contributed by atoms with van der Waals surface area (Å²) in [7, 11) is 2.02. The summed E-state index contributed by atoms with van der Waals surface area (Å²) >= 11 is 3.41. The first-order chi connectivity index (χ1) is 8.88. The molecule has 1 amide bonds. The Kier molecular flexibility index (Phi) is 6.25. The number of likely N-dealkylation sites (N-methyl/N-ethyl adjacent to an activating group) is 1. The number of amides is 1. The smallest absolute Gasteiger partial charge is 0.279 e. The van der Waals surface area contributed by atoms with Crippen molar-refractivity contribution < 1.29 is 9.69 Å². The van der Waals surface area contributed by atoms with E-state index in [1.54, 1.807) is 0 Å². The second-order valence-corrected chi connectivity index (χ2v) is 6.04. The van der Waals surface area contributed by atoms with Crippen molar-refractivity contribution in [3.05, 3.63) is 39.9 Å². The lowest BCUT2D eigenvalue weighted by atomic mass is 10.2. The lowest BCUT2D eigenvalue weighted by Gasteiger charge is -2.13. The molecule has 2 N–H and O–H groups in total. The van der Waals surface area contributed by atoms with Gasteiger partial charge in [0.1, 0.15) is 0 Å². The van der Waals surface area contributed by atoms with Crippen molar-refractivity contribution in [2.75, 3.05) is 25.5 Å². The number of anilines is 1. The van der Waals surface area contributed by atoms with Crippen LogP contribution < -0.4 is 10.2 Å². The summed E-state index contributed by atoms with van der Waals surface area (Å²) in [6.07, 6.45) is 2.15. The van der Waals surface area contributed by atoms with Gasteiger partial charge in [-0.15, -0.1) is 0 Å². The van der Waals surface area contributed by atoms with Crippen LogP contribution in [0.5, 0.6) is 0 Å². The minimum absolute atomic E-state index is 0.0464. The van der Waals surface area contributed by atoms with E-state index in [0.717, 1.165) is 22.3 Å². The van der Waals surface area contributed by atoms with Crippen LogP contribution >= 0.6 is 15.9 Å². The Balaban J connectivity index is 2.53. The van der Waals surface area contributed by atoms with Gasteiger partial charge in [-0.2, -0.15) is 0 Å². The monoisotopic (exact) mass is 325 g/mol. The highest BCUT2D eigenvalue weighted by atomic mass is 79.9. The van der Waals surface area contributed by atoms with E-state index < -0.39 is 0 Å². The number of allylic oxidation sites excluding steroid dienone is 1. The van der Waals surface area contributed by atoms with Crippen LogP contribution in [0.25, 0.3) is 0 Å². The largest absolute Gasteiger partial charge is 0.326 e. The zero-order valence-electron chi connectivity index (χ0n) is 12.0. The molecule has 0 fully saturated rings. The van der Waals surface area contributed by atoms with Crippen LogP contribution in [0, 0.1) is 6.92 Å². The summed E-state index contributed by atoms with van der Waals surface area (Å²) in [5, 5.41) is 2.95. The highest BCUT2D eigenvalue weighted by Gasteiger charge is 2.10. The van der Waals surface area contributed by atoms with Crippen LogP contribution in [0.15, 0.2) is 34.3 Å². The summed E-state index contributed by atoms with van der Waals surface area (Å²) in [5.41, 5.74) is 3.22. The van der Waals surface area contributed by atoms with Crippen LogP contribution in [0.2, 0.25) is 0 Å². The van der Waals surface area contributed by atoms with E-state index in [1.807, 2.05) is 32.2 Å². The van der Waals surface area contributed by atoms with Crippen molar-refractivity contribution in [1.82, 2.24) is 0 Å². The molecule has 19 heavy (non-hydrogen) atoms. The van der Waals surface area contributed by atoms with Crippen LogP contribution in [-0.4, -0.2) is 26.0 Å². The normalized spacial score (nSPS) is 11.8. The average Bonchev–Trinajstić information content (AvgIpc) is 2.30. The molecule has 0 bridgehead atoms. The van der Waals surface area contributed by atoms with E-state index in [0.29, 0.717) is 6.54 Å². The number of quaternary nitrogens is 1. The quantitative estimate of drug-likeness (QED) is 0.799. The molecule has 0 radical (unpaired) electrons. The summed E-state index contributed by atoms with van der Waals surface area (Å²) in [5.74, 6) is 0.0464. The highest BCUT2D eigenvalue weighted by molar-refractivity contribution is 9.10. The van der Waals surface area contributed by atoms with Crippen LogP contribution in [0.4, 0.5) is 5.69 Å². The third-order valence-corrected chi connectivity index (χ3v) is 3.28. The number of rotatable bonds is 5. The van der Waals surface area contributed by atoms with Gasteiger partial charge in [0.2, 0.25) is 0 Å². The Hall–Kier alpha value is -1.13. The molecule has 0 spiro atoms. The van der Waals surface area contributed by atoms with Crippen molar-refractivity contribution in [2.24, 2.45) is 0 Å². The van der Waals surface area contributed by atoms with E-state index >= 15 is 0 Å². The summed E-state index contributed by atoms with van der Waals surface area (Å²) in [6.45, 7) is 7.46. The molecule has 4 heteroatoms. The van der Waals surface area contributed by atoms with Crippen molar-refractivity contribution in [3.8, 4) is 0 Å². The van der Waals surface area contributed by atoms with E-state index in [4.69, 9.17) is 0 Å². The van der Waals surface area contributed by atoms with Gasteiger partial charge in [-0.25, -0.2) is 0 Å². The molecule has 1 rings (SSSR count). The highest BCUT2D eigenvalue weighted by Crippen LogP contribution is 2.19. The molecular weight excluding hydrogens is 304 g/mol. The van der Waals surface area contributed by atoms with Gasteiger partial charge in [-0.1, -0.05) is 21.5 Å². The summed E-state index contributed by atoms with van der Waals surface area (Å²) < 4.78 is 1.02. The zero-order chi connectivity index (χ0) is 14.4. The number of nitrogens with one attached hydrogen (secondary N) is 2. The SMILES string of the molecule is CC(C)=CC[NH+](C)CC(=O)Nc1ccc(Br)cc1C. The second-order valence-electron chi connectivity index (χ2n) is 5.13. The molecule has 1 aromatic carbocycles. The average molecular weight is 326 g/mol. The number of halogens is 1. The van der Waals surface area contributed by atoms with Crippen LogP contribution in [0.3, 0.4) is 0 Å². The lowest BCUT2D eigenvalue weighted by Crippen LogP contribution is -3.09. The van der Waals surface area contributed by atoms with Gasteiger partial charge in [-0.3, -0.25) is 4.79 Å². The molecule has 0 aliphatic rings. The molecule has 0 saturated heterocycles. The topological polar surface area (TPSA) is 33.5 Å². The number of hydrogen-bond donors (Lipinski definition) is 2. The molecule has 104 valence electrons. The minimum Gasteiger partial charge on any atom is -0.326 e. The zero-order valence-corrected chi connectivity index (χ0v) is 13.6. The van der Waals surface area contributed by atoms with E-state index in [-0.39, 0.29) is 5.91 Å². The molecule has 1 aromatic rings. The third-order valence-electron chi connectivity index (χ3n) is 2.78. The molecule has 0 heterocycles. The molecular formula is C15H22BrN2O+. The molecule has 0 aromatic heterocycles. The van der Waals surface area contributed by atoms with Gasteiger partial charge in [0, 0.05) is 10.2 Å². The van der Waals surface area contributed by atoms with Gasteiger partial charge in [-0.05, 0) is 50.6 Å². The van der Waals surface area contributed by atoms with Gasteiger partial charge in [0.25, 0.3) is 5.91 Å². The molecule has 0 aliphatic heterocycles. The maximum Gasteiger partial charge on any atom is 0.279 e. The number of carbonyl (C=O) groups is 1. The van der Waals surface area contributed by atoms with Gasteiger partial charge >= 0.3 is 0 Å². The molecule has 0 saturated carbocycles. The second kappa shape index (κ2) is 7.46. The predicted octanol–water partition coefficient (Wildman–Crippen LogP) is 2.18. The fraction of sp³-hybridized carbons (Fsp3) is 0.400. The van der Waals surface area contributed by atoms with Gasteiger partial charge < -0.3 is 10.2 Å². The Morgan fingerprint density at radius 1 is 1.42 bits per heavy atom. The molecule has 1 unspecified atom stereocenters. The Bertz CT molecular complexity index is 479. The van der Waals surface area contributed by atoms with Crippen LogP contribution in [-0.2, 0) is 4.79 Å². The maximum absolute atomic E-state index is 11.9. The first kappa shape index (κ1) is 15.9. The van der Waals surface area contributed by atoms with Gasteiger partial charge in [0.05, 0.1) is 13.6 Å². The summed E-state index contributed by atoms with van der Waals surface area (Å²) in [4.78, 5) is 13.1. The molecule has 1 atom stereocenters. The first-order valence-electron chi connectivity index (χ1n) is 6.39. The third kappa shape index (κ3) is 6.03. The number of hydrogen-bond acceptors (Lipinski definition) is 1. The number of benzene rings is 1. The van der Waals surface area contributed by atoms with Crippen LogP contribution in [0.1, 0.15) is 19.4 Å². The Morgan fingerprint density at radius 3 is 2.68 bits per heavy atom. The van der Waals surface area contributed by atoms with E-state index in [1.165, 1.54) is 10.5 Å². The van der Waals surface area contributed by atoms with E-state index in [2.05, 4.69) is 41.2 Å².